The van der Waals surface area contributed by atoms with Crippen LogP contribution < -0.4 is 10.2 Å². The molecular formula is C15H23FN2O2S. The zero-order chi connectivity index (χ0) is 15.6. The van der Waals surface area contributed by atoms with Crippen LogP contribution in [0, 0.1) is 5.82 Å². The van der Waals surface area contributed by atoms with Gasteiger partial charge in [0.15, 0.2) is 0 Å². The molecule has 0 atom stereocenters. The number of rotatable bonds is 4. The molecule has 0 amide bonds. The lowest BCUT2D eigenvalue weighted by molar-refractivity contribution is 0.559. The summed E-state index contributed by atoms with van der Waals surface area (Å²) in [6, 6.07) is 5.41. The molecule has 1 N–H and O–H groups in total. The molecule has 1 aliphatic heterocycles. The van der Waals surface area contributed by atoms with E-state index in [-0.39, 0.29) is 29.4 Å². The quantitative estimate of drug-likeness (QED) is 0.928. The normalized spacial score (nSPS) is 18.7. The Bertz CT molecular complexity index is 588. The molecule has 1 saturated heterocycles. The molecule has 2 rings (SSSR count). The molecule has 21 heavy (non-hydrogen) atoms. The highest BCUT2D eigenvalue weighted by Gasteiger charge is 2.23. The summed E-state index contributed by atoms with van der Waals surface area (Å²) in [5.74, 6) is 0.155. The SMILES string of the molecule is CC(C)N(C)c1ccc(NC2CCS(=O)(=O)CC2)cc1F. The maximum Gasteiger partial charge on any atom is 0.150 e. The molecule has 0 saturated carbocycles. The van der Waals surface area contributed by atoms with E-state index in [1.54, 1.807) is 6.07 Å². The second-order valence-electron chi connectivity index (χ2n) is 5.94. The maximum absolute atomic E-state index is 14.2. The van der Waals surface area contributed by atoms with Crippen molar-refractivity contribution in [2.45, 2.75) is 38.8 Å². The lowest BCUT2D eigenvalue weighted by Gasteiger charge is -2.26. The molecule has 1 aliphatic rings. The number of anilines is 2. The Morgan fingerprint density at radius 1 is 1.29 bits per heavy atom. The first-order valence-corrected chi connectivity index (χ1v) is 9.10. The van der Waals surface area contributed by atoms with Crippen molar-refractivity contribution in [3.05, 3.63) is 24.0 Å². The minimum absolute atomic E-state index is 0.0987. The number of nitrogens with one attached hydrogen (secondary N) is 1. The third kappa shape index (κ3) is 4.09. The summed E-state index contributed by atoms with van der Waals surface area (Å²) in [5.41, 5.74) is 1.28. The average Bonchev–Trinajstić information content (AvgIpc) is 2.40. The summed E-state index contributed by atoms with van der Waals surface area (Å²) in [6.45, 7) is 4.02. The van der Waals surface area contributed by atoms with Crippen molar-refractivity contribution in [1.82, 2.24) is 0 Å². The van der Waals surface area contributed by atoms with Crippen LogP contribution in [-0.4, -0.2) is 39.1 Å². The van der Waals surface area contributed by atoms with Gasteiger partial charge in [-0.05, 0) is 44.9 Å². The van der Waals surface area contributed by atoms with Crippen LogP contribution in [0.2, 0.25) is 0 Å². The van der Waals surface area contributed by atoms with Crippen LogP contribution >= 0.6 is 0 Å². The fourth-order valence-electron chi connectivity index (χ4n) is 2.43. The topological polar surface area (TPSA) is 49.4 Å². The van der Waals surface area contributed by atoms with E-state index < -0.39 is 9.84 Å². The van der Waals surface area contributed by atoms with Gasteiger partial charge in [0.2, 0.25) is 0 Å². The molecule has 0 spiro atoms. The van der Waals surface area contributed by atoms with Gasteiger partial charge in [-0.1, -0.05) is 0 Å². The Morgan fingerprint density at radius 3 is 2.43 bits per heavy atom. The maximum atomic E-state index is 14.2. The molecule has 0 unspecified atom stereocenters. The van der Waals surface area contributed by atoms with Crippen LogP contribution in [0.15, 0.2) is 18.2 Å². The first kappa shape index (κ1) is 16.1. The molecule has 1 fully saturated rings. The minimum atomic E-state index is -2.86. The monoisotopic (exact) mass is 314 g/mol. The number of hydrogen-bond acceptors (Lipinski definition) is 4. The van der Waals surface area contributed by atoms with Crippen LogP contribution in [0.25, 0.3) is 0 Å². The van der Waals surface area contributed by atoms with E-state index in [4.69, 9.17) is 0 Å². The number of hydrogen-bond donors (Lipinski definition) is 1. The van der Waals surface area contributed by atoms with Crippen LogP contribution in [0.5, 0.6) is 0 Å². The van der Waals surface area contributed by atoms with E-state index in [0.29, 0.717) is 24.2 Å². The summed E-state index contributed by atoms with van der Waals surface area (Å²) < 4.78 is 36.9. The zero-order valence-electron chi connectivity index (χ0n) is 12.8. The molecule has 6 heteroatoms. The van der Waals surface area contributed by atoms with Gasteiger partial charge in [0.25, 0.3) is 0 Å². The summed E-state index contributed by atoms with van der Waals surface area (Å²) >= 11 is 0. The molecule has 4 nitrogen and oxygen atoms in total. The van der Waals surface area contributed by atoms with Gasteiger partial charge in [-0.3, -0.25) is 0 Å². The van der Waals surface area contributed by atoms with Gasteiger partial charge in [-0.25, -0.2) is 12.8 Å². The molecule has 118 valence electrons. The Hall–Kier alpha value is -1.30. The van der Waals surface area contributed by atoms with Crippen molar-refractivity contribution < 1.29 is 12.8 Å². The fourth-order valence-corrected chi connectivity index (χ4v) is 3.92. The Kier molecular flexibility index (Phi) is 4.76. The molecule has 0 bridgehead atoms. The van der Waals surface area contributed by atoms with E-state index in [2.05, 4.69) is 5.32 Å². The largest absolute Gasteiger partial charge is 0.382 e. The van der Waals surface area contributed by atoms with Crippen molar-refractivity contribution in [1.29, 1.82) is 0 Å². The number of halogens is 1. The van der Waals surface area contributed by atoms with E-state index in [9.17, 15) is 12.8 Å². The standard InChI is InChI=1S/C15H23FN2O2S/c1-11(2)18(3)15-5-4-13(10-14(15)16)17-12-6-8-21(19,20)9-7-12/h4-5,10-12,17H,6-9H2,1-3H3. The van der Waals surface area contributed by atoms with Gasteiger partial charge < -0.3 is 10.2 Å². The van der Waals surface area contributed by atoms with Gasteiger partial charge in [-0.2, -0.15) is 0 Å². The van der Waals surface area contributed by atoms with Gasteiger partial charge in [0.05, 0.1) is 17.2 Å². The lowest BCUT2D eigenvalue weighted by Crippen LogP contribution is -2.32. The highest BCUT2D eigenvalue weighted by molar-refractivity contribution is 7.91. The molecule has 1 aromatic carbocycles. The van der Waals surface area contributed by atoms with E-state index in [0.717, 1.165) is 0 Å². The first-order valence-electron chi connectivity index (χ1n) is 7.28. The first-order chi connectivity index (χ1) is 9.78. The fraction of sp³-hybridized carbons (Fsp3) is 0.600. The zero-order valence-corrected chi connectivity index (χ0v) is 13.6. The van der Waals surface area contributed by atoms with Crippen LogP contribution in [0.1, 0.15) is 26.7 Å². The van der Waals surface area contributed by atoms with Crippen LogP contribution in [-0.2, 0) is 9.84 Å². The predicted octanol–water partition coefficient (Wildman–Crippen LogP) is 2.66. The Morgan fingerprint density at radius 2 is 1.90 bits per heavy atom. The van der Waals surface area contributed by atoms with Gasteiger partial charge >= 0.3 is 0 Å². The third-order valence-electron chi connectivity index (χ3n) is 4.03. The molecule has 0 aliphatic carbocycles. The van der Waals surface area contributed by atoms with Crippen LogP contribution in [0.3, 0.4) is 0 Å². The number of benzene rings is 1. The molecule has 0 aromatic heterocycles. The van der Waals surface area contributed by atoms with E-state index in [1.807, 2.05) is 31.9 Å². The van der Waals surface area contributed by atoms with Gasteiger partial charge in [0.1, 0.15) is 15.7 Å². The van der Waals surface area contributed by atoms with E-state index in [1.165, 1.54) is 6.07 Å². The van der Waals surface area contributed by atoms with Crippen molar-refractivity contribution in [3.8, 4) is 0 Å². The number of nitrogens with zero attached hydrogens (tertiary/aromatic N) is 1. The molecule has 1 heterocycles. The van der Waals surface area contributed by atoms with Gasteiger partial charge in [0, 0.05) is 24.8 Å². The predicted molar refractivity (Wildman–Crippen MR) is 85.2 cm³/mol. The summed E-state index contributed by atoms with van der Waals surface area (Å²) in [5, 5.41) is 3.23. The smallest absolute Gasteiger partial charge is 0.150 e. The minimum Gasteiger partial charge on any atom is -0.382 e. The third-order valence-corrected chi connectivity index (χ3v) is 5.74. The Labute approximate surface area is 126 Å². The van der Waals surface area contributed by atoms with Crippen LogP contribution in [0.4, 0.5) is 15.8 Å². The highest BCUT2D eigenvalue weighted by atomic mass is 32.2. The summed E-state index contributed by atoms with van der Waals surface area (Å²) in [6.07, 6.45) is 1.16. The summed E-state index contributed by atoms with van der Waals surface area (Å²) in [7, 11) is -1.00. The lowest BCUT2D eigenvalue weighted by atomic mass is 10.1. The second kappa shape index (κ2) is 6.22. The van der Waals surface area contributed by atoms with Crippen molar-refractivity contribution in [3.63, 3.8) is 0 Å². The van der Waals surface area contributed by atoms with Crippen molar-refractivity contribution in [2.75, 3.05) is 28.8 Å². The Balaban J connectivity index is 2.04. The summed E-state index contributed by atoms with van der Waals surface area (Å²) in [4.78, 5) is 1.88. The highest BCUT2D eigenvalue weighted by Crippen LogP contribution is 2.25. The molecular weight excluding hydrogens is 291 g/mol. The number of sulfone groups is 1. The van der Waals surface area contributed by atoms with Crippen molar-refractivity contribution in [2.24, 2.45) is 0 Å². The average molecular weight is 314 g/mol. The second-order valence-corrected chi connectivity index (χ2v) is 8.24. The van der Waals surface area contributed by atoms with Gasteiger partial charge in [-0.15, -0.1) is 0 Å². The van der Waals surface area contributed by atoms with E-state index >= 15 is 0 Å². The molecule has 1 aromatic rings. The molecule has 0 radical (unpaired) electrons. The van der Waals surface area contributed by atoms with Crippen molar-refractivity contribution >= 4 is 21.2 Å².